The summed E-state index contributed by atoms with van der Waals surface area (Å²) < 4.78 is 67.6. The minimum Gasteiger partial charge on any atom is -0.481 e. The van der Waals surface area contributed by atoms with Crippen molar-refractivity contribution < 1.29 is 41.8 Å². The molecule has 0 aromatic heterocycles. The van der Waals surface area contributed by atoms with Crippen molar-refractivity contribution in [2.75, 3.05) is 10.6 Å². The first-order valence-corrected chi connectivity index (χ1v) is 14.4. The Morgan fingerprint density at radius 1 is 0.739 bits per heavy atom. The second-order valence-corrected chi connectivity index (χ2v) is 11.0. The van der Waals surface area contributed by atoms with Crippen LogP contribution in [0.25, 0.3) is 0 Å². The molecule has 0 heterocycles. The third-order valence-corrected chi connectivity index (χ3v) is 7.42. The fourth-order valence-electron chi connectivity index (χ4n) is 4.62. The van der Waals surface area contributed by atoms with Crippen LogP contribution in [0.15, 0.2) is 60.7 Å². The molecule has 6 nitrogen and oxygen atoms in total. The highest BCUT2D eigenvalue weighted by Crippen LogP contribution is 2.38. The molecule has 0 bridgehead atoms. The van der Waals surface area contributed by atoms with Crippen LogP contribution in [-0.2, 0) is 35.0 Å². The van der Waals surface area contributed by atoms with Gasteiger partial charge >= 0.3 is 18.1 Å². The van der Waals surface area contributed by atoms with Crippen molar-refractivity contribution in [3.05, 3.63) is 116 Å². The molecule has 46 heavy (non-hydrogen) atoms. The number of hydrogen-bond donors (Lipinski definition) is 4. The summed E-state index contributed by atoms with van der Waals surface area (Å²) in [6, 6.07) is 15.8. The fraction of sp³-hybridized carbons (Fsp3) is 0.235. The molecular formula is C34H32ClF5N2O4. The molecule has 0 aliphatic rings. The predicted molar refractivity (Wildman–Crippen MR) is 169 cm³/mol. The van der Waals surface area contributed by atoms with Crippen LogP contribution in [0.2, 0.25) is 5.02 Å². The number of carbonyl (C=O) groups is 2. The Kier molecular flexibility index (Phi) is 11.8. The first-order chi connectivity index (χ1) is 21.5. The van der Waals surface area contributed by atoms with Gasteiger partial charge in [0.15, 0.2) is 11.6 Å². The molecule has 0 radical (unpaired) electrons. The highest BCUT2D eigenvalue weighted by atomic mass is 35.5. The van der Waals surface area contributed by atoms with Gasteiger partial charge < -0.3 is 20.8 Å². The summed E-state index contributed by atoms with van der Waals surface area (Å²) in [6.07, 6.45) is -4.60. The zero-order valence-electron chi connectivity index (χ0n) is 25.4. The topological polar surface area (TPSA) is 98.7 Å². The summed E-state index contributed by atoms with van der Waals surface area (Å²) in [7, 11) is 0. The number of aryl methyl sites for hydroxylation is 3. The van der Waals surface area contributed by atoms with Gasteiger partial charge in [0, 0.05) is 22.0 Å². The van der Waals surface area contributed by atoms with Gasteiger partial charge in [-0.25, -0.2) is 8.78 Å². The first-order valence-electron chi connectivity index (χ1n) is 14.0. The molecule has 244 valence electrons. The molecule has 0 aliphatic heterocycles. The van der Waals surface area contributed by atoms with E-state index in [1.54, 1.807) is 43.3 Å². The van der Waals surface area contributed by atoms with Gasteiger partial charge in [-0.1, -0.05) is 54.4 Å². The monoisotopic (exact) mass is 662 g/mol. The second kappa shape index (κ2) is 15.1. The van der Waals surface area contributed by atoms with Crippen LogP contribution in [0.1, 0.15) is 45.9 Å². The van der Waals surface area contributed by atoms with Gasteiger partial charge in [0.25, 0.3) is 0 Å². The van der Waals surface area contributed by atoms with E-state index in [-0.39, 0.29) is 35.5 Å². The van der Waals surface area contributed by atoms with Gasteiger partial charge in [-0.3, -0.25) is 9.59 Å². The smallest absolute Gasteiger partial charge is 0.419 e. The zero-order valence-corrected chi connectivity index (χ0v) is 26.1. The van der Waals surface area contributed by atoms with E-state index in [1.165, 1.54) is 25.1 Å². The van der Waals surface area contributed by atoms with E-state index < -0.39 is 35.3 Å². The summed E-state index contributed by atoms with van der Waals surface area (Å²) >= 11 is 5.86. The van der Waals surface area contributed by atoms with E-state index in [2.05, 4.69) is 10.6 Å². The van der Waals surface area contributed by atoms with Gasteiger partial charge in [0.05, 0.1) is 29.8 Å². The number of benzene rings is 4. The van der Waals surface area contributed by atoms with E-state index in [9.17, 15) is 31.5 Å². The summed E-state index contributed by atoms with van der Waals surface area (Å²) in [5.74, 6) is -3.87. The number of carboxylic acids is 2. The molecule has 4 N–H and O–H groups in total. The minimum atomic E-state index is -4.82. The number of alkyl halides is 3. The van der Waals surface area contributed by atoms with Crippen molar-refractivity contribution in [1.82, 2.24) is 0 Å². The summed E-state index contributed by atoms with van der Waals surface area (Å²) in [5, 5.41) is 23.9. The molecule has 4 aromatic carbocycles. The van der Waals surface area contributed by atoms with Crippen molar-refractivity contribution in [3.63, 3.8) is 0 Å². The number of aliphatic carboxylic acids is 2. The maximum Gasteiger partial charge on any atom is 0.419 e. The SMILES string of the molecule is CCc1ccc(Nc2ccc(C)c(C(F)(F)F)c2F)c(CC(=O)O)c1.Cc1ccc(Nc2ccc(Cl)c(C)c2F)c(CC(=O)O)c1. The Hall–Kier alpha value is -4.64. The molecule has 0 spiro atoms. The third kappa shape index (κ3) is 9.20. The maximum absolute atomic E-state index is 14.4. The average molecular weight is 663 g/mol. The molecule has 12 heteroatoms. The quantitative estimate of drug-likeness (QED) is 0.133. The standard InChI is InChI=1S/C18H17F4NO2.C16H15ClFNO2/c1-3-11-5-7-13(12(8-11)9-15(24)25)23-14-6-4-10(2)16(17(14)19)18(20,21)22;1-9-3-5-13(11(7-9)8-15(20)21)19-14-6-4-12(17)10(2)16(14)18/h4-8,23H,3,9H2,1-2H3,(H,24,25);3-7,19H,8H2,1-2H3,(H,20,21). The van der Waals surface area contributed by atoms with E-state index in [0.29, 0.717) is 33.8 Å². The van der Waals surface area contributed by atoms with Crippen molar-refractivity contribution in [1.29, 1.82) is 0 Å². The molecule has 0 atom stereocenters. The fourth-order valence-corrected chi connectivity index (χ4v) is 4.76. The molecule has 4 aromatic rings. The summed E-state index contributed by atoms with van der Waals surface area (Å²) in [6.45, 7) is 6.54. The van der Waals surface area contributed by atoms with Crippen LogP contribution in [0.4, 0.5) is 44.7 Å². The Morgan fingerprint density at radius 3 is 1.78 bits per heavy atom. The molecule has 0 unspecified atom stereocenters. The van der Waals surface area contributed by atoms with Crippen molar-refractivity contribution in [2.24, 2.45) is 0 Å². The van der Waals surface area contributed by atoms with E-state index in [1.807, 2.05) is 19.9 Å². The van der Waals surface area contributed by atoms with Crippen LogP contribution in [0, 0.1) is 32.4 Å². The van der Waals surface area contributed by atoms with Crippen LogP contribution in [-0.4, -0.2) is 22.2 Å². The highest BCUT2D eigenvalue weighted by Gasteiger charge is 2.37. The summed E-state index contributed by atoms with van der Waals surface area (Å²) in [4.78, 5) is 22.0. The van der Waals surface area contributed by atoms with Gasteiger partial charge in [-0.2, -0.15) is 13.2 Å². The Bertz CT molecular complexity index is 1760. The van der Waals surface area contributed by atoms with E-state index in [4.69, 9.17) is 21.8 Å². The van der Waals surface area contributed by atoms with E-state index in [0.717, 1.165) is 11.1 Å². The lowest BCUT2D eigenvalue weighted by Crippen LogP contribution is -2.13. The molecule has 0 amide bonds. The Labute approximate surface area is 267 Å². The van der Waals surface area contributed by atoms with Crippen LogP contribution in [0.5, 0.6) is 0 Å². The normalized spacial score (nSPS) is 11.0. The van der Waals surface area contributed by atoms with Gasteiger partial charge in [0.2, 0.25) is 0 Å². The molecular weight excluding hydrogens is 631 g/mol. The highest BCUT2D eigenvalue weighted by molar-refractivity contribution is 6.31. The Balaban J connectivity index is 0.000000254. The van der Waals surface area contributed by atoms with Crippen LogP contribution in [0.3, 0.4) is 0 Å². The summed E-state index contributed by atoms with van der Waals surface area (Å²) in [5.41, 5.74) is 2.36. The average Bonchev–Trinajstić information content (AvgIpc) is 2.96. The number of anilines is 4. The second-order valence-electron chi connectivity index (χ2n) is 10.5. The van der Waals surface area contributed by atoms with Crippen LogP contribution >= 0.6 is 11.6 Å². The maximum atomic E-state index is 14.4. The van der Waals surface area contributed by atoms with Crippen molar-refractivity contribution >= 4 is 46.3 Å². The lowest BCUT2D eigenvalue weighted by Gasteiger charge is -2.17. The molecule has 4 rings (SSSR count). The van der Waals surface area contributed by atoms with Gasteiger partial charge in [0.1, 0.15) is 0 Å². The van der Waals surface area contributed by atoms with Crippen LogP contribution < -0.4 is 10.6 Å². The number of nitrogens with one attached hydrogen (secondary N) is 2. The molecule has 0 saturated heterocycles. The number of carboxylic acid groups (broad SMARTS) is 2. The van der Waals surface area contributed by atoms with Crippen molar-refractivity contribution in [2.45, 2.75) is 53.1 Å². The molecule has 0 aliphatic carbocycles. The van der Waals surface area contributed by atoms with Crippen molar-refractivity contribution in [3.8, 4) is 0 Å². The number of halogens is 6. The first kappa shape index (κ1) is 35.8. The largest absolute Gasteiger partial charge is 0.481 e. The van der Waals surface area contributed by atoms with Gasteiger partial charge in [-0.15, -0.1) is 0 Å². The molecule has 0 fully saturated rings. The lowest BCUT2D eigenvalue weighted by molar-refractivity contribution is -0.140. The molecule has 0 saturated carbocycles. The number of rotatable bonds is 9. The van der Waals surface area contributed by atoms with E-state index >= 15 is 0 Å². The Morgan fingerprint density at radius 2 is 1.24 bits per heavy atom. The predicted octanol–water partition coefficient (Wildman–Crippen LogP) is 9.55. The third-order valence-electron chi connectivity index (χ3n) is 7.01. The lowest BCUT2D eigenvalue weighted by atomic mass is 10.0. The minimum absolute atomic E-state index is 0.127. The van der Waals surface area contributed by atoms with Gasteiger partial charge in [-0.05, 0) is 79.8 Å². The number of hydrogen-bond acceptors (Lipinski definition) is 4. The zero-order chi connectivity index (χ0) is 34.3.